The van der Waals surface area contributed by atoms with Gasteiger partial charge in [-0.15, -0.1) is 0 Å². The molecule has 5 heteroatoms. The highest BCUT2D eigenvalue weighted by atomic mass is 16.3. The minimum absolute atomic E-state index is 0.106. The number of carbonyl (C=O) groups excluding carboxylic acids is 1. The molecule has 0 bridgehead atoms. The van der Waals surface area contributed by atoms with E-state index in [0.717, 1.165) is 16.5 Å². The Balaban J connectivity index is 1.84. The lowest BCUT2D eigenvalue weighted by atomic mass is 10.1. The van der Waals surface area contributed by atoms with Crippen LogP contribution in [-0.4, -0.2) is 22.2 Å². The van der Waals surface area contributed by atoms with E-state index in [1.165, 1.54) is 6.21 Å². The molecule has 0 aliphatic heterocycles. The predicted octanol–water partition coefficient (Wildman–Crippen LogP) is 3.32. The number of pyridine rings is 1. The zero-order chi connectivity index (χ0) is 17.1. The van der Waals surface area contributed by atoms with Crippen molar-refractivity contribution in [3.8, 4) is 5.75 Å². The van der Waals surface area contributed by atoms with Crippen molar-refractivity contribution in [2.45, 2.75) is 13.8 Å². The maximum absolute atomic E-state index is 12.3. The number of amides is 1. The van der Waals surface area contributed by atoms with Gasteiger partial charge in [-0.05, 0) is 37.6 Å². The Bertz CT molecular complexity index is 948. The number of rotatable bonds is 3. The van der Waals surface area contributed by atoms with Crippen molar-refractivity contribution in [3.63, 3.8) is 0 Å². The highest BCUT2D eigenvalue weighted by molar-refractivity contribution is 5.99. The Morgan fingerprint density at radius 1 is 1.17 bits per heavy atom. The van der Waals surface area contributed by atoms with Crippen LogP contribution in [0.5, 0.6) is 5.75 Å². The Morgan fingerprint density at radius 2 is 1.96 bits per heavy atom. The number of hydrazone groups is 1. The number of fused-ring (bicyclic) bond motifs is 1. The number of phenolic OH excluding ortho intramolecular Hbond substituents is 1. The molecule has 1 heterocycles. The van der Waals surface area contributed by atoms with Gasteiger partial charge < -0.3 is 5.11 Å². The molecule has 3 aromatic rings. The molecule has 0 aliphatic carbocycles. The molecule has 120 valence electrons. The van der Waals surface area contributed by atoms with Crippen molar-refractivity contribution in [2.24, 2.45) is 5.10 Å². The summed E-state index contributed by atoms with van der Waals surface area (Å²) in [5, 5.41) is 14.5. The molecule has 0 unspecified atom stereocenters. The van der Waals surface area contributed by atoms with Crippen molar-refractivity contribution in [1.82, 2.24) is 10.4 Å². The van der Waals surface area contributed by atoms with Gasteiger partial charge in [0.2, 0.25) is 0 Å². The van der Waals surface area contributed by atoms with Crippen molar-refractivity contribution in [1.29, 1.82) is 0 Å². The first-order valence-electron chi connectivity index (χ1n) is 7.54. The number of para-hydroxylation sites is 2. The maximum atomic E-state index is 12.3. The Morgan fingerprint density at radius 3 is 2.75 bits per heavy atom. The zero-order valence-corrected chi connectivity index (χ0v) is 13.4. The summed E-state index contributed by atoms with van der Waals surface area (Å²) in [6.45, 7) is 3.79. The molecule has 0 spiro atoms. The lowest BCUT2D eigenvalue weighted by molar-refractivity contribution is 0.0954. The van der Waals surface area contributed by atoms with Gasteiger partial charge in [-0.3, -0.25) is 9.78 Å². The number of aromatic hydroxyl groups is 1. The SMILES string of the molecule is Cc1nc2c(C)cccc2cc1C(=O)N/N=C/c1ccccc1O. The first-order valence-corrected chi connectivity index (χ1v) is 7.54. The van der Waals surface area contributed by atoms with Crippen molar-refractivity contribution in [2.75, 3.05) is 0 Å². The van der Waals surface area contributed by atoms with Gasteiger partial charge >= 0.3 is 0 Å². The van der Waals surface area contributed by atoms with Gasteiger partial charge in [-0.1, -0.05) is 30.3 Å². The number of phenols is 1. The van der Waals surface area contributed by atoms with E-state index in [9.17, 15) is 9.90 Å². The Hall–Kier alpha value is -3.21. The summed E-state index contributed by atoms with van der Waals surface area (Å²) >= 11 is 0. The molecular weight excluding hydrogens is 302 g/mol. The predicted molar refractivity (Wildman–Crippen MR) is 94.4 cm³/mol. The normalized spacial score (nSPS) is 11.1. The van der Waals surface area contributed by atoms with E-state index in [1.54, 1.807) is 31.2 Å². The van der Waals surface area contributed by atoms with Crippen LogP contribution in [0.4, 0.5) is 0 Å². The smallest absolute Gasteiger partial charge is 0.273 e. The van der Waals surface area contributed by atoms with Gasteiger partial charge in [0.1, 0.15) is 5.75 Å². The van der Waals surface area contributed by atoms with Crippen molar-refractivity contribution in [3.05, 3.63) is 70.9 Å². The lowest BCUT2D eigenvalue weighted by Crippen LogP contribution is -2.19. The monoisotopic (exact) mass is 319 g/mol. The molecule has 0 aliphatic rings. The van der Waals surface area contributed by atoms with E-state index >= 15 is 0 Å². The first-order chi connectivity index (χ1) is 11.6. The standard InChI is InChI=1S/C19H17N3O2/c1-12-6-5-8-14-10-16(13(2)21-18(12)14)19(24)22-20-11-15-7-3-4-9-17(15)23/h3-11,23H,1-2H3,(H,22,24)/b20-11+. The second-order valence-corrected chi connectivity index (χ2v) is 5.53. The van der Waals surface area contributed by atoms with Crippen LogP contribution in [0.25, 0.3) is 10.9 Å². The van der Waals surface area contributed by atoms with Crippen LogP contribution < -0.4 is 5.43 Å². The molecule has 5 nitrogen and oxygen atoms in total. The molecule has 1 amide bonds. The van der Waals surface area contributed by atoms with Crippen LogP contribution in [-0.2, 0) is 0 Å². The van der Waals surface area contributed by atoms with E-state index in [1.807, 2.05) is 31.2 Å². The highest BCUT2D eigenvalue weighted by Crippen LogP contribution is 2.19. The molecule has 0 fully saturated rings. The highest BCUT2D eigenvalue weighted by Gasteiger charge is 2.11. The van der Waals surface area contributed by atoms with E-state index in [0.29, 0.717) is 16.8 Å². The first kappa shape index (κ1) is 15.7. The van der Waals surface area contributed by atoms with Crippen LogP contribution in [0.15, 0.2) is 53.6 Å². The Labute approximate surface area is 139 Å². The zero-order valence-electron chi connectivity index (χ0n) is 13.4. The van der Waals surface area contributed by atoms with E-state index in [4.69, 9.17) is 0 Å². The second kappa shape index (κ2) is 6.50. The topological polar surface area (TPSA) is 74.6 Å². The van der Waals surface area contributed by atoms with Crippen LogP contribution in [0.2, 0.25) is 0 Å². The third-order valence-corrected chi connectivity index (χ3v) is 3.79. The van der Waals surface area contributed by atoms with Gasteiger partial charge in [-0.25, -0.2) is 5.43 Å². The molecule has 2 N–H and O–H groups in total. The number of aromatic nitrogens is 1. The summed E-state index contributed by atoms with van der Waals surface area (Å²) in [5.74, 6) is -0.232. The molecule has 0 saturated heterocycles. The van der Waals surface area contributed by atoms with Crippen LogP contribution in [0.1, 0.15) is 27.2 Å². The van der Waals surface area contributed by atoms with Crippen LogP contribution in [0, 0.1) is 13.8 Å². The summed E-state index contributed by atoms with van der Waals surface area (Å²) in [5.41, 5.74) is 6.09. The summed E-state index contributed by atoms with van der Waals surface area (Å²) in [4.78, 5) is 16.9. The van der Waals surface area contributed by atoms with Crippen LogP contribution >= 0.6 is 0 Å². The van der Waals surface area contributed by atoms with E-state index < -0.39 is 0 Å². The minimum Gasteiger partial charge on any atom is -0.507 e. The minimum atomic E-state index is -0.338. The molecule has 0 atom stereocenters. The molecule has 1 aromatic heterocycles. The second-order valence-electron chi connectivity index (χ2n) is 5.53. The molecular formula is C19H17N3O2. The number of hydrogen-bond donors (Lipinski definition) is 2. The largest absolute Gasteiger partial charge is 0.507 e. The fourth-order valence-electron chi connectivity index (χ4n) is 2.49. The molecule has 2 aromatic carbocycles. The van der Waals surface area contributed by atoms with Gasteiger partial charge in [0, 0.05) is 10.9 Å². The van der Waals surface area contributed by atoms with E-state index in [2.05, 4.69) is 15.5 Å². The summed E-state index contributed by atoms with van der Waals surface area (Å²) in [6.07, 6.45) is 1.40. The van der Waals surface area contributed by atoms with Gasteiger partial charge in [0.15, 0.2) is 0 Å². The van der Waals surface area contributed by atoms with Crippen molar-refractivity contribution < 1.29 is 9.90 Å². The average molecular weight is 319 g/mol. The fourth-order valence-corrected chi connectivity index (χ4v) is 2.49. The number of nitrogens with one attached hydrogen (secondary N) is 1. The lowest BCUT2D eigenvalue weighted by Gasteiger charge is -2.07. The molecule has 0 radical (unpaired) electrons. The molecule has 0 saturated carbocycles. The van der Waals surface area contributed by atoms with Gasteiger partial charge in [0.05, 0.1) is 23.0 Å². The van der Waals surface area contributed by atoms with Gasteiger partial charge in [0.25, 0.3) is 5.91 Å². The Kier molecular flexibility index (Phi) is 4.24. The maximum Gasteiger partial charge on any atom is 0.273 e. The molecule has 24 heavy (non-hydrogen) atoms. The number of aryl methyl sites for hydroxylation is 2. The number of nitrogens with zero attached hydrogens (tertiary/aromatic N) is 2. The average Bonchev–Trinajstić information content (AvgIpc) is 2.57. The molecule has 3 rings (SSSR count). The summed E-state index contributed by atoms with van der Waals surface area (Å²) in [6, 6.07) is 14.4. The number of benzene rings is 2. The van der Waals surface area contributed by atoms with Crippen molar-refractivity contribution >= 4 is 23.0 Å². The fraction of sp³-hybridized carbons (Fsp3) is 0.105. The third kappa shape index (κ3) is 3.10. The third-order valence-electron chi connectivity index (χ3n) is 3.79. The summed E-state index contributed by atoms with van der Waals surface area (Å²) in [7, 11) is 0. The van der Waals surface area contributed by atoms with Gasteiger partial charge in [-0.2, -0.15) is 5.10 Å². The van der Waals surface area contributed by atoms with E-state index in [-0.39, 0.29) is 11.7 Å². The number of hydrogen-bond acceptors (Lipinski definition) is 4. The van der Waals surface area contributed by atoms with Crippen LogP contribution in [0.3, 0.4) is 0 Å². The quantitative estimate of drug-likeness (QED) is 0.574. The summed E-state index contributed by atoms with van der Waals surface area (Å²) < 4.78 is 0. The number of carbonyl (C=O) groups is 1.